The van der Waals surface area contributed by atoms with Gasteiger partial charge in [-0.15, -0.1) is 0 Å². The van der Waals surface area contributed by atoms with Gasteiger partial charge in [-0.05, 0) is 0 Å². The summed E-state index contributed by atoms with van der Waals surface area (Å²) in [7, 11) is 0. The zero-order valence-electron chi connectivity index (χ0n) is 15.4. The average molecular weight is 390 g/mol. The molecule has 0 saturated heterocycles. The van der Waals surface area contributed by atoms with Gasteiger partial charge >= 0.3 is 143 Å². The van der Waals surface area contributed by atoms with E-state index in [1.165, 1.54) is 21.7 Å². The van der Waals surface area contributed by atoms with Gasteiger partial charge in [-0.2, -0.15) is 0 Å². The van der Waals surface area contributed by atoms with Crippen molar-refractivity contribution in [2.75, 3.05) is 0 Å². The molecule has 4 heteroatoms. The van der Waals surface area contributed by atoms with Crippen LogP contribution in [0, 0.1) is 0 Å². The van der Waals surface area contributed by atoms with E-state index in [2.05, 4.69) is 60.6 Å². The van der Waals surface area contributed by atoms with Crippen molar-refractivity contribution in [3.05, 3.63) is 21.0 Å². The molecule has 0 unspecified atom stereocenters. The Morgan fingerprint density at radius 1 is 0.955 bits per heavy atom. The molecule has 0 radical (unpaired) electrons. The molecule has 0 fully saturated rings. The third kappa shape index (κ3) is 6.04. The van der Waals surface area contributed by atoms with Gasteiger partial charge < -0.3 is 0 Å². The molecule has 0 saturated carbocycles. The molecule has 0 aromatic rings. The van der Waals surface area contributed by atoms with Gasteiger partial charge in [0.2, 0.25) is 0 Å². The van der Waals surface area contributed by atoms with Gasteiger partial charge in [0.15, 0.2) is 0 Å². The van der Waals surface area contributed by atoms with Crippen molar-refractivity contribution in [1.29, 1.82) is 0 Å². The maximum absolute atomic E-state index is 6.42. The maximum atomic E-state index is 6.42. The van der Waals surface area contributed by atoms with E-state index in [1.807, 2.05) is 0 Å². The van der Waals surface area contributed by atoms with Gasteiger partial charge in [-0.3, -0.25) is 0 Å². The molecule has 0 spiro atoms. The first-order chi connectivity index (χ1) is 10.3. The molecule has 1 rings (SSSR count). The van der Waals surface area contributed by atoms with E-state index < -0.39 is 21.6 Å². The average Bonchev–Trinajstić information content (AvgIpc) is 2.82. The summed E-state index contributed by atoms with van der Waals surface area (Å²) in [5.41, 5.74) is 1.40. The second-order valence-electron chi connectivity index (χ2n) is 6.77. The third-order valence-corrected chi connectivity index (χ3v) is 12.2. The van der Waals surface area contributed by atoms with Gasteiger partial charge in [-0.25, -0.2) is 0 Å². The minimum absolute atomic E-state index is 0.119. The minimum atomic E-state index is -3.76. The first-order valence-corrected chi connectivity index (χ1v) is 13.0. The summed E-state index contributed by atoms with van der Waals surface area (Å²) in [4.78, 5) is 0. The summed E-state index contributed by atoms with van der Waals surface area (Å²) in [5.74, 6) is 0. The molecule has 1 aliphatic rings. The van der Waals surface area contributed by atoms with Crippen LogP contribution in [0.2, 0.25) is 0 Å². The van der Waals surface area contributed by atoms with Crippen LogP contribution in [0.3, 0.4) is 0 Å². The summed E-state index contributed by atoms with van der Waals surface area (Å²) in [6, 6.07) is 0. The summed E-state index contributed by atoms with van der Waals surface area (Å²) in [6.45, 7) is 14.7. The fraction of sp³-hybridized carbons (Fsp3) is 0.778. The van der Waals surface area contributed by atoms with Crippen LogP contribution in [0.4, 0.5) is 0 Å². The molecule has 0 aromatic carbocycles. The Balaban J connectivity index is 3.20. The predicted octanol–water partition coefficient (Wildman–Crippen LogP) is 5.56. The first-order valence-electron chi connectivity index (χ1n) is 8.73. The summed E-state index contributed by atoms with van der Waals surface area (Å²) in [5, 5.41) is 0. The van der Waals surface area contributed by atoms with Gasteiger partial charge in [0, 0.05) is 0 Å². The molecule has 0 aliphatic heterocycles. The molecule has 0 atom stereocenters. The van der Waals surface area contributed by atoms with Crippen LogP contribution >= 0.6 is 0 Å². The molecule has 0 bridgehead atoms. The molecule has 0 N–H and O–H groups in total. The van der Waals surface area contributed by atoms with Gasteiger partial charge in [0.05, 0.1) is 0 Å². The van der Waals surface area contributed by atoms with Gasteiger partial charge in [-0.1, -0.05) is 0 Å². The third-order valence-electron chi connectivity index (χ3n) is 3.37. The summed E-state index contributed by atoms with van der Waals surface area (Å²) >= 11 is -3.76. The van der Waals surface area contributed by atoms with Gasteiger partial charge in [0.25, 0.3) is 0 Å². The van der Waals surface area contributed by atoms with Crippen LogP contribution in [-0.4, -0.2) is 18.3 Å². The Bertz CT molecular complexity index is 371. The van der Waals surface area contributed by atoms with Crippen LogP contribution in [-0.2, 0) is 30.0 Å². The molecule has 0 amide bonds. The van der Waals surface area contributed by atoms with Crippen LogP contribution in [0.5, 0.6) is 0 Å². The second kappa shape index (κ2) is 9.52. The molecule has 0 heterocycles. The second-order valence-corrected chi connectivity index (χ2v) is 12.7. The van der Waals surface area contributed by atoms with Crippen molar-refractivity contribution in [3.63, 3.8) is 0 Å². The Morgan fingerprint density at radius 2 is 1.45 bits per heavy atom. The standard InChI is InChI=1S/C9H13.3C3H7O.Zr/c1-2-3-6-9-7-4-5-8-9;3*1-3(2)4;/h4,7H,2-3,5-6H2,1H3;3*3H,1-2H3;/q;3*-1;+3. The van der Waals surface area contributed by atoms with E-state index in [0.29, 0.717) is 0 Å². The number of rotatable bonds is 10. The predicted molar refractivity (Wildman–Crippen MR) is 89.0 cm³/mol. The number of hydrogen-bond donors (Lipinski definition) is 0. The first kappa shape index (κ1) is 20.3. The van der Waals surface area contributed by atoms with E-state index in [4.69, 9.17) is 8.44 Å². The Labute approximate surface area is 143 Å². The molecular weight excluding hydrogens is 355 g/mol. The van der Waals surface area contributed by atoms with Crippen LogP contribution in [0.15, 0.2) is 21.0 Å². The SMILES string of the molecule is CCCCC1=[C]([Zr]([O]C(C)C)([O]C(C)C)[O]C(C)C)CC=C1. The van der Waals surface area contributed by atoms with E-state index in [0.717, 1.165) is 12.8 Å². The Morgan fingerprint density at radius 3 is 1.86 bits per heavy atom. The molecule has 128 valence electrons. The molecule has 22 heavy (non-hydrogen) atoms. The van der Waals surface area contributed by atoms with Crippen molar-refractivity contribution in [3.8, 4) is 0 Å². The number of hydrogen-bond acceptors (Lipinski definition) is 3. The van der Waals surface area contributed by atoms with E-state index >= 15 is 0 Å². The molecule has 1 aliphatic carbocycles. The fourth-order valence-electron chi connectivity index (χ4n) is 2.70. The van der Waals surface area contributed by atoms with Crippen molar-refractivity contribution >= 4 is 0 Å². The zero-order valence-corrected chi connectivity index (χ0v) is 17.9. The monoisotopic (exact) mass is 388 g/mol. The fourth-order valence-corrected chi connectivity index (χ4v) is 11.1. The zero-order chi connectivity index (χ0) is 16.8. The van der Waals surface area contributed by atoms with E-state index in [1.54, 1.807) is 0 Å². The van der Waals surface area contributed by atoms with Crippen molar-refractivity contribution in [1.82, 2.24) is 0 Å². The van der Waals surface area contributed by atoms with E-state index in [9.17, 15) is 0 Å². The molecule has 3 nitrogen and oxygen atoms in total. The van der Waals surface area contributed by atoms with Gasteiger partial charge in [0.1, 0.15) is 0 Å². The van der Waals surface area contributed by atoms with Crippen LogP contribution in [0.1, 0.15) is 74.1 Å². The van der Waals surface area contributed by atoms with E-state index in [-0.39, 0.29) is 18.3 Å². The van der Waals surface area contributed by atoms with Crippen LogP contribution in [0.25, 0.3) is 0 Å². The normalized spacial score (nSPS) is 15.9. The number of allylic oxidation sites excluding steroid dienone is 4. The topological polar surface area (TPSA) is 27.7 Å². The van der Waals surface area contributed by atoms with Crippen LogP contribution < -0.4 is 0 Å². The number of unbranched alkanes of at least 4 members (excludes halogenated alkanes) is 1. The Kier molecular flexibility index (Phi) is 8.78. The molecular formula is C18H34O3Zr. The summed E-state index contributed by atoms with van der Waals surface area (Å²) < 4.78 is 20.6. The van der Waals surface area contributed by atoms with Crippen molar-refractivity contribution < 1.29 is 30.0 Å². The van der Waals surface area contributed by atoms with Crippen molar-refractivity contribution in [2.24, 2.45) is 0 Å². The quantitative estimate of drug-likeness (QED) is 0.489. The molecule has 0 aromatic heterocycles. The Hall–Kier alpha value is 0.243. The van der Waals surface area contributed by atoms with Crippen molar-refractivity contribution in [2.45, 2.75) is 92.5 Å². The summed E-state index contributed by atoms with van der Waals surface area (Å²) in [6.07, 6.45) is 9.30.